The summed E-state index contributed by atoms with van der Waals surface area (Å²) in [6, 6.07) is 10.7. The van der Waals surface area contributed by atoms with Crippen molar-refractivity contribution in [1.29, 1.82) is 0 Å². The first-order valence-corrected chi connectivity index (χ1v) is 15.9. The van der Waals surface area contributed by atoms with E-state index in [2.05, 4.69) is 0 Å². The molecule has 8 heteroatoms. The average Bonchev–Trinajstić information content (AvgIpc) is 2.67. The summed E-state index contributed by atoms with van der Waals surface area (Å²) in [6.45, 7) is 7.51. The van der Waals surface area contributed by atoms with Crippen molar-refractivity contribution in [3.8, 4) is 0 Å². The van der Waals surface area contributed by atoms with Gasteiger partial charge in [-0.2, -0.15) is 0 Å². The minimum Gasteiger partial charge on any atom is -0.212 e. The van der Waals surface area contributed by atoms with Gasteiger partial charge in [-0.3, -0.25) is 0 Å². The van der Waals surface area contributed by atoms with Gasteiger partial charge in [0.2, 0.25) is 17.7 Å². The summed E-state index contributed by atoms with van der Waals surface area (Å²) in [7, 11) is -4.68. The largest absolute Gasteiger partial charge is 0.230 e. The molecule has 0 atom stereocenters. The monoisotopic (exact) mass is 486 g/mol. The minimum atomic E-state index is -3.34. The van der Waals surface area contributed by atoms with Crippen LogP contribution in [0, 0.1) is 27.7 Å². The van der Waals surface area contributed by atoms with Gasteiger partial charge in [-0.25, -0.2) is 16.8 Å². The molecule has 0 aromatic heterocycles. The van der Waals surface area contributed by atoms with E-state index in [-0.39, 0.29) is 0 Å². The number of benzene rings is 2. The van der Waals surface area contributed by atoms with Gasteiger partial charge in [-0.05, 0) is 96.5 Å². The first kappa shape index (κ1) is 25.3. The van der Waals surface area contributed by atoms with E-state index in [1.807, 2.05) is 39.8 Å². The highest BCUT2D eigenvalue weighted by Gasteiger charge is 2.19. The van der Waals surface area contributed by atoms with Crippen LogP contribution in [-0.4, -0.2) is 28.3 Å². The fourth-order valence-corrected chi connectivity index (χ4v) is 9.78. The van der Waals surface area contributed by atoms with Crippen molar-refractivity contribution in [2.75, 3.05) is 11.5 Å². The molecule has 0 aliphatic rings. The number of aryl methyl sites for hydroxylation is 2. The fraction of sp³-hybridized carbons (Fsp3) is 0.455. The Balaban J connectivity index is 1.71. The van der Waals surface area contributed by atoms with Crippen LogP contribution < -0.4 is 0 Å². The van der Waals surface area contributed by atoms with Crippen LogP contribution in [0.5, 0.6) is 0 Å². The van der Waals surface area contributed by atoms with E-state index < -0.39 is 17.7 Å². The summed E-state index contributed by atoms with van der Waals surface area (Å²) in [5, 5.41) is 0. The maximum absolute atomic E-state index is 12.5. The molecule has 166 valence electrons. The summed E-state index contributed by atoms with van der Waals surface area (Å²) in [6.07, 6.45) is 3.37. The lowest BCUT2D eigenvalue weighted by molar-refractivity contribution is 0.607. The van der Waals surface area contributed by atoms with Crippen LogP contribution in [-0.2, 0) is 17.7 Å². The van der Waals surface area contributed by atoms with Crippen molar-refractivity contribution in [1.82, 2.24) is 0 Å². The van der Waals surface area contributed by atoms with E-state index in [9.17, 15) is 16.8 Å². The molecule has 0 heterocycles. The van der Waals surface area contributed by atoms with Gasteiger partial charge in [0.05, 0.1) is 9.79 Å². The van der Waals surface area contributed by atoms with E-state index in [1.165, 1.54) is 0 Å². The summed E-state index contributed by atoms with van der Waals surface area (Å²) in [4.78, 5) is 0.807. The van der Waals surface area contributed by atoms with Crippen LogP contribution in [0.2, 0.25) is 0 Å². The Morgan fingerprint density at radius 3 is 1.33 bits per heavy atom. The van der Waals surface area contributed by atoms with Gasteiger partial charge in [0.15, 0.2) is 0 Å². The van der Waals surface area contributed by atoms with Crippen LogP contribution >= 0.6 is 21.6 Å². The molecule has 0 aliphatic carbocycles. The van der Waals surface area contributed by atoms with Gasteiger partial charge in [0.25, 0.3) is 0 Å². The second-order valence-corrected chi connectivity index (χ2v) is 15.4. The molecule has 0 bridgehead atoms. The topological polar surface area (TPSA) is 68.3 Å². The summed E-state index contributed by atoms with van der Waals surface area (Å²) in [5.74, 6) is 1.09. The molecule has 0 radical (unpaired) electrons. The predicted molar refractivity (Wildman–Crippen MR) is 130 cm³/mol. The maximum Gasteiger partial charge on any atom is 0.230 e. The summed E-state index contributed by atoms with van der Waals surface area (Å²) >= 11 is 0. The molecule has 0 saturated heterocycles. The van der Waals surface area contributed by atoms with Crippen LogP contribution in [0.1, 0.15) is 47.9 Å². The molecular formula is C22H30O4S4. The normalized spacial score (nSPS) is 12.3. The van der Waals surface area contributed by atoms with Gasteiger partial charge in [-0.15, -0.1) is 0 Å². The highest BCUT2D eigenvalue weighted by atomic mass is 33.1. The lowest BCUT2D eigenvalue weighted by atomic mass is 10.1. The Bertz CT molecular complexity index is 987. The second-order valence-electron chi connectivity index (χ2n) is 7.36. The van der Waals surface area contributed by atoms with E-state index in [4.69, 9.17) is 0 Å². The van der Waals surface area contributed by atoms with Crippen LogP contribution in [0.4, 0.5) is 0 Å². The Kier molecular flexibility index (Phi) is 9.33. The van der Waals surface area contributed by atoms with Crippen molar-refractivity contribution in [2.45, 2.75) is 63.2 Å². The molecule has 2 rings (SSSR count). The van der Waals surface area contributed by atoms with Crippen molar-refractivity contribution < 1.29 is 16.8 Å². The number of unbranched alkanes of at least 4 members (excludes halogenated alkanes) is 3. The second kappa shape index (κ2) is 11.1. The third-order valence-electron chi connectivity index (χ3n) is 5.16. The van der Waals surface area contributed by atoms with E-state index in [0.29, 0.717) is 21.3 Å². The number of hydrogen-bond donors (Lipinski definition) is 0. The highest BCUT2D eigenvalue weighted by Crippen LogP contribution is 2.30. The van der Waals surface area contributed by atoms with Gasteiger partial charge in [0.1, 0.15) is 0 Å². The zero-order valence-electron chi connectivity index (χ0n) is 18.0. The van der Waals surface area contributed by atoms with Gasteiger partial charge >= 0.3 is 0 Å². The first-order valence-electron chi connectivity index (χ1n) is 9.97. The quantitative estimate of drug-likeness (QED) is 0.285. The van der Waals surface area contributed by atoms with E-state index in [1.54, 1.807) is 24.3 Å². The zero-order chi connectivity index (χ0) is 22.4. The molecule has 0 spiro atoms. The molecule has 0 amide bonds. The third-order valence-corrected chi connectivity index (χ3v) is 12.6. The van der Waals surface area contributed by atoms with Crippen molar-refractivity contribution in [3.63, 3.8) is 0 Å². The minimum absolute atomic E-state index is 0.403. The molecule has 30 heavy (non-hydrogen) atoms. The third kappa shape index (κ3) is 6.77. The number of hydrogen-bond acceptors (Lipinski definition) is 6. The Labute approximate surface area is 188 Å². The van der Waals surface area contributed by atoms with Crippen molar-refractivity contribution >= 4 is 39.3 Å². The lowest BCUT2D eigenvalue weighted by Gasteiger charge is -2.09. The number of rotatable bonds is 11. The first-order chi connectivity index (χ1) is 14.1. The summed E-state index contributed by atoms with van der Waals surface area (Å²) in [5.41, 5.74) is 3.58. The molecule has 2 aromatic carbocycles. The predicted octanol–water partition coefficient (Wildman–Crippen LogP) is 6.02. The molecule has 0 saturated carbocycles. The van der Waals surface area contributed by atoms with E-state index in [0.717, 1.165) is 69.5 Å². The van der Waals surface area contributed by atoms with Crippen LogP contribution in [0.15, 0.2) is 46.2 Å². The lowest BCUT2D eigenvalue weighted by Crippen LogP contribution is -2.01. The fourth-order valence-electron chi connectivity index (χ4n) is 3.01. The Hall–Kier alpha value is -0.960. The SMILES string of the molecule is Cc1cccc(S(=O)(=O)SCCCCCCSS(=O)(=O)c2cccc(C)c2C)c1C. The Morgan fingerprint density at radius 1 is 0.600 bits per heavy atom. The van der Waals surface area contributed by atoms with Crippen molar-refractivity contribution in [3.05, 3.63) is 58.7 Å². The van der Waals surface area contributed by atoms with Gasteiger partial charge in [0, 0.05) is 11.5 Å². The van der Waals surface area contributed by atoms with Gasteiger partial charge < -0.3 is 0 Å². The zero-order valence-corrected chi connectivity index (χ0v) is 21.2. The molecule has 0 aliphatic heterocycles. The highest BCUT2D eigenvalue weighted by molar-refractivity contribution is 8.72. The standard InChI is InChI=1S/C22H30O4S4/c1-17-11-9-13-21(19(17)3)29(23,24)27-15-7-5-6-8-16-28-30(25,26)22-14-10-12-18(2)20(22)4/h9-14H,5-8,15-16H2,1-4H3. The average molecular weight is 487 g/mol. The smallest absolute Gasteiger partial charge is 0.212 e. The molecular weight excluding hydrogens is 457 g/mol. The van der Waals surface area contributed by atoms with E-state index >= 15 is 0 Å². The molecule has 0 unspecified atom stereocenters. The van der Waals surface area contributed by atoms with Crippen molar-refractivity contribution in [2.24, 2.45) is 0 Å². The summed E-state index contributed by atoms with van der Waals surface area (Å²) < 4.78 is 50.1. The Morgan fingerprint density at radius 2 is 0.967 bits per heavy atom. The van der Waals surface area contributed by atoms with Crippen LogP contribution in [0.25, 0.3) is 0 Å². The van der Waals surface area contributed by atoms with Crippen LogP contribution in [0.3, 0.4) is 0 Å². The molecule has 2 aromatic rings. The molecule has 4 nitrogen and oxygen atoms in total. The molecule has 0 fully saturated rings. The maximum atomic E-state index is 12.5. The van der Waals surface area contributed by atoms with Gasteiger partial charge in [-0.1, -0.05) is 37.1 Å². The molecule has 0 N–H and O–H groups in total.